The van der Waals surface area contributed by atoms with Gasteiger partial charge in [-0.2, -0.15) is 0 Å². The van der Waals surface area contributed by atoms with E-state index in [4.69, 9.17) is 21.1 Å². The molecule has 19 heavy (non-hydrogen) atoms. The van der Waals surface area contributed by atoms with Crippen LogP contribution < -0.4 is 0 Å². The van der Waals surface area contributed by atoms with Crippen LogP contribution in [0.15, 0.2) is 5.38 Å². The topological polar surface area (TPSA) is 38.7 Å². The third kappa shape index (κ3) is 2.57. The second-order valence-corrected chi connectivity index (χ2v) is 6.92. The molecular weight excluding hydrogens is 284 g/mol. The van der Waals surface area contributed by atoms with Gasteiger partial charge in [0.2, 0.25) is 0 Å². The number of ether oxygens (including phenoxy) is 2. The Morgan fingerprint density at radius 3 is 3.00 bits per heavy atom. The van der Waals surface area contributed by atoms with Gasteiger partial charge in [-0.15, -0.1) is 11.3 Å². The minimum absolute atomic E-state index is 0.164. The fourth-order valence-corrected chi connectivity index (χ4v) is 4.44. The SMILES string of the molecule is Cc1csc(C(O)C2CCOC3(CCOC3)C2)c1Cl. The van der Waals surface area contributed by atoms with Gasteiger partial charge in [0.25, 0.3) is 0 Å². The smallest absolute Gasteiger partial charge is 0.0940 e. The van der Waals surface area contributed by atoms with Gasteiger partial charge in [-0.05, 0) is 36.6 Å². The number of thiophene rings is 1. The molecule has 0 aromatic carbocycles. The minimum atomic E-state index is -0.479. The maximum Gasteiger partial charge on any atom is 0.0940 e. The lowest BCUT2D eigenvalue weighted by Gasteiger charge is -2.38. The molecule has 0 amide bonds. The van der Waals surface area contributed by atoms with Crippen LogP contribution in [0.5, 0.6) is 0 Å². The number of aliphatic hydroxyl groups excluding tert-OH is 1. The molecule has 3 heterocycles. The molecule has 3 rings (SSSR count). The standard InChI is InChI=1S/C14H19ClO3S/c1-9-7-19-13(11(9)15)12(16)10-2-4-18-14(6-10)3-5-17-8-14/h7,10,12,16H,2-6,8H2,1H3. The molecule has 106 valence electrons. The molecule has 0 bridgehead atoms. The van der Waals surface area contributed by atoms with E-state index in [1.807, 2.05) is 12.3 Å². The van der Waals surface area contributed by atoms with E-state index in [2.05, 4.69) is 0 Å². The van der Waals surface area contributed by atoms with E-state index in [1.165, 1.54) is 0 Å². The third-order valence-electron chi connectivity index (χ3n) is 4.24. The van der Waals surface area contributed by atoms with Gasteiger partial charge in [-0.25, -0.2) is 0 Å². The molecule has 2 aliphatic heterocycles. The summed E-state index contributed by atoms with van der Waals surface area (Å²) in [6.45, 7) is 4.10. The Hall–Kier alpha value is -0.130. The summed E-state index contributed by atoms with van der Waals surface area (Å²) < 4.78 is 11.4. The second-order valence-electron chi connectivity index (χ2n) is 5.63. The lowest BCUT2D eigenvalue weighted by molar-refractivity contribution is -0.116. The number of hydrogen-bond acceptors (Lipinski definition) is 4. The zero-order chi connectivity index (χ0) is 13.5. The van der Waals surface area contributed by atoms with Gasteiger partial charge in [0, 0.05) is 19.6 Å². The van der Waals surface area contributed by atoms with Gasteiger partial charge in [-0.1, -0.05) is 11.6 Å². The third-order valence-corrected chi connectivity index (χ3v) is 6.02. The van der Waals surface area contributed by atoms with Crippen molar-refractivity contribution in [3.05, 3.63) is 20.8 Å². The molecule has 0 aliphatic carbocycles. The summed E-state index contributed by atoms with van der Waals surface area (Å²) in [5.74, 6) is 0.214. The molecule has 0 radical (unpaired) electrons. The molecule has 1 N–H and O–H groups in total. The van der Waals surface area contributed by atoms with Crippen molar-refractivity contribution in [2.75, 3.05) is 19.8 Å². The van der Waals surface area contributed by atoms with Gasteiger partial charge in [0.15, 0.2) is 0 Å². The first-order chi connectivity index (χ1) is 9.11. The first-order valence-electron chi connectivity index (χ1n) is 6.74. The minimum Gasteiger partial charge on any atom is -0.387 e. The molecule has 3 unspecified atom stereocenters. The first-order valence-corrected chi connectivity index (χ1v) is 8.00. The van der Waals surface area contributed by atoms with Gasteiger partial charge >= 0.3 is 0 Å². The highest BCUT2D eigenvalue weighted by Crippen LogP contribution is 2.44. The quantitative estimate of drug-likeness (QED) is 0.911. The Bertz CT molecular complexity index is 454. The first kappa shape index (κ1) is 13.8. The highest BCUT2D eigenvalue weighted by atomic mass is 35.5. The van der Waals surface area contributed by atoms with Crippen LogP contribution in [-0.4, -0.2) is 30.5 Å². The van der Waals surface area contributed by atoms with Gasteiger partial charge in [-0.3, -0.25) is 0 Å². The van der Waals surface area contributed by atoms with E-state index in [-0.39, 0.29) is 11.5 Å². The molecular formula is C14H19ClO3S. The largest absolute Gasteiger partial charge is 0.387 e. The van der Waals surface area contributed by atoms with Crippen molar-refractivity contribution >= 4 is 22.9 Å². The highest BCUT2D eigenvalue weighted by Gasteiger charge is 2.43. The molecule has 1 spiro atoms. The summed E-state index contributed by atoms with van der Waals surface area (Å²) in [6.07, 6.45) is 2.21. The van der Waals surface area contributed by atoms with E-state index in [0.29, 0.717) is 13.2 Å². The normalized spacial score (nSPS) is 32.9. The van der Waals surface area contributed by atoms with E-state index in [1.54, 1.807) is 11.3 Å². The molecule has 5 heteroatoms. The summed E-state index contributed by atoms with van der Waals surface area (Å²) in [5.41, 5.74) is 0.884. The van der Waals surface area contributed by atoms with Crippen LogP contribution in [0, 0.1) is 12.8 Å². The van der Waals surface area contributed by atoms with E-state index in [9.17, 15) is 5.11 Å². The van der Waals surface area contributed by atoms with Crippen molar-refractivity contribution in [2.45, 2.75) is 37.9 Å². The second kappa shape index (κ2) is 5.34. The summed E-state index contributed by atoms with van der Waals surface area (Å²) in [4.78, 5) is 0.903. The Kier molecular flexibility index (Phi) is 3.89. The maximum absolute atomic E-state index is 10.6. The summed E-state index contributed by atoms with van der Waals surface area (Å²) >= 11 is 7.82. The average molecular weight is 303 g/mol. The van der Waals surface area contributed by atoms with Crippen LogP contribution in [0.2, 0.25) is 5.02 Å². The lowest BCUT2D eigenvalue weighted by atomic mass is 9.82. The molecule has 2 saturated heterocycles. The maximum atomic E-state index is 10.6. The zero-order valence-corrected chi connectivity index (χ0v) is 12.6. The number of hydrogen-bond donors (Lipinski definition) is 1. The molecule has 1 aromatic heterocycles. The van der Waals surface area contributed by atoms with E-state index in [0.717, 1.165) is 41.3 Å². The van der Waals surface area contributed by atoms with Crippen molar-refractivity contribution in [3.63, 3.8) is 0 Å². The van der Waals surface area contributed by atoms with Crippen LogP contribution in [-0.2, 0) is 9.47 Å². The number of halogens is 1. The van der Waals surface area contributed by atoms with Crippen LogP contribution in [0.3, 0.4) is 0 Å². The summed E-state index contributed by atoms with van der Waals surface area (Å²) in [7, 11) is 0. The number of rotatable bonds is 2. The predicted molar refractivity (Wildman–Crippen MR) is 75.9 cm³/mol. The lowest BCUT2D eigenvalue weighted by Crippen LogP contribution is -2.41. The fourth-order valence-electron chi connectivity index (χ4n) is 3.06. The molecule has 3 nitrogen and oxygen atoms in total. The van der Waals surface area contributed by atoms with Crippen molar-refractivity contribution < 1.29 is 14.6 Å². The molecule has 3 atom stereocenters. The fraction of sp³-hybridized carbons (Fsp3) is 0.714. The summed E-state index contributed by atoms with van der Waals surface area (Å²) in [5, 5.41) is 13.3. The average Bonchev–Trinajstić information content (AvgIpc) is 2.98. The van der Waals surface area contributed by atoms with Crippen molar-refractivity contribution in [1.82, 2.24) is 0 Å². The van der Waals surface area contributed by atoms with E-state index >= 15 is 0 Å². The number of aryl methyl sites for hydroxylation is 1. The predicted octanol–water partition coefficient (Wildman–Crippen LogP) is 3.33. The molecule has 0 saturated carbocycles. The van der Waals surface area contributed by atoms with Gasteiger partial charge in [0.05, 0.1) is 28.2 Å². The van der Waals surface area contributed by atoms with E-state index < -0.39 is 6.10 Å². The Morgan fingerprint density at radius 1 is 1.53 bits per heavy atom. The zero-order valence-electron chi connectivity index (χ0n) is 11.0. The Morgan fingerprint density at radius 2 is 2.37 bits per heavy atom. The number of aliphatic hydroxyl groups is 1. The van der Waals surface area contributed by atoms with Crippen LogP contribution in [0.4, 0.5) is 0 Å². The Labute approximate surface area is 122 Å². The van der Waals surface area contributed by atoms with Crippen LogP contribution >= 0.6 is 22.9 Å². The van der Waals surface area contributed by atoms with Crippen LogP contribution in [0.1, 0.15) is 35.8 Å². The molecule has 2 fully saturated rings. The monoisotopic (exact) mass is 302 g/mol. The van der Waals surface area contributed by atoms with Crippen molar-refractivity contribution in [3.8, 4) is 0 Å². The van der Waals surface area contributed by atoms with Crippen LogP contribution in [0.25, 0.3) is 0 Å². The van der Waals surface area contributed by atoms with Crippen molar-refractivity contribution in [2.24, 2.45) is 5.92 Å². The molecule has 2 aliphatic rings. The molecule has 1 aromatic rings. The summed E-state index contributed by atoms with van der Waals surface area (Å²) in [6, 6.07) is 0. The van der Waals surface area contributed by atoms with Gasteiger partial charge in [0.1, 0.15) is 0 Å². The van der Waals surface area contributed by atoms with Gasteiger partial charge < -0.3 is 14.6 Å². The van der Waals surface area contributed by atoms with Crippen molar-refractivity contribution in [1.29, 1.82) is 0 Å². The highest BCUT2D eigenvalue weighted by molar-refractivity contribution is 7.10. The Balaban J connectivity index is 1.76.